The Hall–Kier alpha value is -1.42. The third kappa shape index (κ3) is 2.47. The molecule has 1 aliphatic carbocycles. The third-order valence-corrected chi connectivity index (χ3v) is 3.38. The average Bonchev–Trinajstić information content (AvgIpc) is 2.72. The number of hydrogen-bond donors (Lipinski definition) is 2. The van der Waals surface area contributed by atoms with Crippen LogP contribution in [0.5, 0.6) is 0 Å². The molecular formula is C13H17FN2O. The lowest BCUT2D eigenvalue weighted by molar-refractivity contribution is -0.121. The summed E-state index contributed by atoms with van der Waals surface area (Å²) in [5, 5.41) is 2.69. The molecule has 0 spiro atoms. The number of benzene rings is 1. The molecule has 0 saturated heterocycles. The molecule has 1 saturated carbocycles. The molecule has 0 unspecified atom stereocenters. The number of anilines is 1. The van der Waals surface area contributed by atoms with Gasteiger partial charge in [-0.25, -0.2) is 4.39 Å². The van der Waals surface area contributed by atoms with Crippen molar-refractivity contribution >= 4 is 11.6 Å². The predicted molar refractivity (Wildman–Crippen MR) is 65.2 cm³/mol. The summed E-state index contributed by atoms with van der Waals surface area (Å²) in [6.07, 6.45) is 3.36. The van der Waals surface area contributed by atoms with Crippen molar-refractivity contribution in [3.8, 4) is 0 Å². The number of hydrogen-bond acceptors (Lipinski definition) is 2. The minimum Gasteiger partial charge on any atom is -0.324 e. The zero-order chi connectivity index (χ0) is 12.5. The Labute approximate surface area is 100 Å². The third-order valence-electron chi connectivity index (χ3n) is 3.38. The van der Waals surface area contributed by atoms with Crippen LogP contribution in [0.3, 0.4) is 0 Å². The molecule has 1 amide bonds. The lowest BCUT2D eigenvalue weighted by Gasteiger charge is -2.22. The monoisotopic (exact) mass is 236 g/mol. The molecule has 0 atom stereocenters. The maximum atomic E-state index is 13.3. The van der Waals surface area contributed by atoms with Gasteiger partial charge in [0.1, 0.15) is 5.82 Å². The topological polar surface area (TPSA) is 55.1 Å². The number of rotatable bonds is 2. The molecule has 0 bridgehead atoms. The van der Waals surface area contributed by atoms with Crippen LogP contribution in [0.4, 0.5) is 10.1 Å². The SMILES string of the molecule is Cc1ccc(NC(=O)C2(N)CCCC2)cc1F. The standard InChI is InChI=1S/C13H17FN2O/c1-9-4-5-10(8-11(9)14)16-12(17)13(15)6-2-3-7-13/h4-5,8H,2-3,6-7,15H2,1H3,(H,16,17). The summed E-state index contributed by atoms with van der Waals surface area (Å²) in [7, 11) is 0. The number of aryl methyl sites for hydroxylation is 1. The summed E-state index contributed by atoms with van der Waals surface area (Å²) in [6.45, 7) is 1.68. The fourth-order valence-corrected chi connectivity index (χ4v) is 2.16. The minimum absolute atomic E-state index is 0.210. The Morgan fingerprint density at radius 2 is 2.06 bits per heavy atom. The van der Waals surface area contributed by atoms with E-state index in [9.17, 15) is 9.18 Å². The van der Waals surface area contributed by atoms with E-state index in [-0.39, 0.29) is 11.7 Å². The number of nitrogens with two attached hydrogens (primary N) is 1. The lowest BCUT2D eigenvalue weighted by Crippen LogP contribution is -2.48. The molecule has 0 aromatic heterocycles. The molecule has 1 fully saturated rings. The number of carbonyl (C=O) groups is 1. The smallest absolute Gasteiger partial charge is 0.244 e. The number of halogens is 1. The van der Waals surface area contributed by atoms with Gasteiger partial charge in [0.05, 0.1) is 5.54 Å². The molecule has 1 aromatic rings. The first-order valence-electron chi connectivity index (χ1n) is 5.88. The number of nitrogens with one attached hydrogen (secondary N) is 1. The molecule has 2 rings (SSSR count). The highest BCUT2D eigenvalue weighted by molar-refractivity contribution is 5.98. The van der Waals surface area contributed by atoms with Gasteiger partial charge < -0.3 is 11.1 Å². The van der Waals surface area contributed by atoms with Crippen LogP contribution in [0.2, 0.25) is 0 Å². The van der Waals surface area contributed by atoms with Gasteiger partial charge in [0.15, 0.2) is 0 Å². The van der Waals surface area contributed by atoms with E-state index >= 15 is 0 Å². The highest BCUT2D eigenvalue weighted by Gasteiger charge is 2.36. The predicted octanol–water partition coefficient (Wildman–Crippen LogP) is 2.34. The summed E-state index contributed by atoms with van der Waals surface area (Å²) >= 11 is 0. The van der Waals surface area contributed by atoms with Crippen LogP contribution in [0, 0.1) is 12.7 Å². The van der Waals surface area contributed by atoms with Crippen molar-refractivity contribution in [2.45, 2.75) is 38.1 Å². The van der Waals surface area contributed by atoms with Crippen LogP contribution in [0.1, 0.15) is 31.2 Å². The summed E-state index contributed by atoms with van der Waals surface area (Å²) < 4.78 is 13.3. The van der Waals surface area contributed by atoms with E-state index in [1.165, 1.54) is 6.07 Å². The van der Waals surface area contributed by atoms with Crippen LogP contribution in [0.25, 0.3) is 0 Å². The van der Waals surface area contributed by atoms with Gasteiger partial charge in [0.25, 0.3) is 0 Å². The zero-order valence-corrected chi connectivity index (χ0v) is 9.92. The second-order valence-electron chi connectivity index (χ2n) is 4.78. The maximum Gasteiger partial charge on any atom is 0.244 e. The van der Waals surface area contributed by atoms with Crippen LogP contribution < -0.4 is 11.1 Å². The molecule has 4 heteroatoms. The van der Waals surface area contributed by atoms with E-state index in [0.29, 0.717) is 24.1 Å². The molecule has 0 aliphatic heterocycles. The lowest BCUT2D eigenvalue weighted by atomic mass is 9.98. The van der Waals surface area contributed by atoms with Gasteiger partial charge in [0.2, 0.25) is 5.91 Å². The molecule has 1 aliphatic rings. The summed E-state index contributed by atoms with van der Waals surface area (Å²) in [6, 6.07) is 4.66. The highest BCUT2D eigenvalue weighted by Crippen LogP contribution is 2.28. The van der Waals surface area contributed by atoms with Crippen LogP contribution in [-0.2, 0) is 4.79 Å². The average molecular weight is 236 g/mol. The molecule has 0 radical (unpaired) electrons. The van der Waals surface area contributed by atoms with Gasteiger partial charge >= 0.3 is 0 Å². The van der Waals surface area contributed by atoms with Gasteiger partial charge in [0, 0.05) is 5.69 Å². The molecule has 1 aromatic carbocycles. The van der Waals surface area contributed by atoms with Crippen molar-refractivity contribution in [3.63, 3.8) is 0 Å². The van der Waals surface area contributed by atoms with Gasteiger partial charge in [-0.3, -0.25) is 4.79 Å². The van der Waals surface area contributed by atoms with Crippen LogP contribution in [-0.4, -0.2) is 11.4 Å². The molecule has 92 valence electrons. The highest BCUT2D eigenvalue weighted by atomic mass is 19.1. The van der Waals surface area contributed by atoms with Crippen LogP contribution >= 0.6 is 0 Å². The second-order valence-corrected chi connectivity index (χ2v) is 4.78. The first-order chi connectivity index (χ1) is 8.01. The van der Waals surface area contributed by atoms with E-state index in [4.69, 9.17) is 5.73 Å². The van der Waals surface area contributed by atoms with Crippen molar-refractivity contribution in [3.05, 3.63) is 29.6 Å². The molecule has 17 heavy (non-hydrogen) atoms. The van der Waals surface area contributed by atoms with Crippen molar-refractivity contribution in [1.82, 2.24) is 0 Å². The first-order valence-corrected chi connectivity index (χ1v) is 5.88. The second kappa shape index (κ2) is 4.45. The van der Waals surface area contributed by atoms with E-state index in [0.717, 1.165) is 12.8 Å². The van der Waals surface area contributed by atoms with Crippen molar-refractivity contribution in [2.24, 2.45) is 5.73 Å². The van der Waals surface area contributed by atoms with E-state index in [1.54, 1.807) is 19.1 Å². The van der Waals surface area contributed by atoms with Gasteiger partial charge in [-0.1, -0.05) is 18.9 Å². The summed E-state index contributed by atoms with van der Waals surface area (Å²) in [5.41, 5.74) is 6.27. The Morgan fingerprint density at radius 1 is 1.41 bits per heavy atom. The Bertz CT molecular complexity index is 439. The van der Waals surface area contributed by atoms with E-state index in [1.807, 2.05) is 0 Å². The fourth-order valence-electron chi connectivity index (χ4n) is 2.16. The Kier molecular flexibility index (Phi) is 3.15. The summed E-state index contributed by atoms with van der Waals surface area (Å²) in [4.78, 5) is 12.0. The van der Waals surface area contributed by atoms with Gasteiger partial charge in [-0.05, 0) is 37.5 Å². The molecular weight excluding hydrogens is 219 g/mol. The number of amides is 1. The first kappa shape index (κ1) is 12.0. The Balaban J connectivity index is 2.10. The zero-order valence-electron chi connectivity index (χ0n) is 9.92. The van der Waals surface area contributed by atoms with Crippen molar-refractivity contribution in [1.29, 1.82) is 0 Å². The normalized spacial score (nSPS) is 18.1. The molecule has 3 nitrogen and oxygen atoms in total. The van der Waals surface area contributed by atoms with Gasteiger partial charge in [-0.2, -0.15) is 0 Å². The minimum atomic E-state index is -0.776. The van der Waals surface area contributed by atoms with E-state index < -0.39 is 5.54 Å². The van der Waals surface area contributed by atoms with E-state index in [2.05, 4.69) is 5.32 Å². The summed E-state index contributed by atoms with van der Waals surface area (Å²) in [5.74, 6) is -0.529. The largest absolute Gasteiger partial charge is 0.324 e. The Morgan fingerprint density at radius 3 is 2.65 bits per heavy atom. The van der Waals surface area contributed by atoms with Gasteiger partial charge in [-0.15, -0.1) is 0 Å². The van der Waals surface area contributed by atoms with Crippen molar-refractivity contribution in [2.75, 3.05) is 5.32 Å². The van der Waals surface area contributed by atoms with Crippen molar-refractivity contribution < 1.29 is 9.18 Å². The fraction of sp³-hybridized carbons (Fsp3) is 0.462. The number of carbonyl (C=O) groups excluding carboxylic acids is 1. The van der Waals surface area contributed by atoms with Crippen LogP contribution in [0.15, 0.2) is 18.2 Å². The maximum absolute atomic E-state index is 13.3. The molecule has 0 heterocycles. The quantitative estimate of drug-likeness (QED) is 0.828. The molecule has 3 N–H and O–H groups in total.